The standard InChI is InChI=1S/C16H23N3O2/c1-4-13-16(21)18-14(20)9-19(13)15(11(3)17)12-7-5-10(2)6-8-12/h5-8,11,13,15H,4,9,17H2,1-3H3,(H,18,20,21). The first-order valence-electron chi connectivity index (χ1n) is 7.35. The minimum atomic E-state index is -0.319. The summed E-state index contributed by atoms with van der Waals surface area (Å²) in [6.07, 6.45) is 0.647. The van der Waals surface area contributed by atoms with Gasteiger partial charge in [-0.25, -0.2) is 0 Å². The van der Waals surface area contributed by atoms with E-state index in [0.717, 1.165) is 5.56 Å². The maximum atomic E-state index is 12.0. The molecule has 3 unspecified atom stereocenters. The lowest BCUT2D eigenvalue weighted by molar-refractivity contribution is -0.142. The molecule has 0 saturated carbocycles. The van der Waals surface area contributed by atoms with Crippen LogP contribution >= 0.6 is 0 Å². The molecule has 0 radical (unpaired) electrons. The van der Waals surface area contributed by atoms with Gasteiger partial charge in [0.15, 0.2) is 0 Å². The summed E-state index contributed by atoms with van der Waals surface area (Å²) in [5, 5.41) is 2.40. The van der Waals surface area contributed by atoms with E-state index < -0.39 is 0 Å². The first-order valence-corrected chi connectivity index (χ1v) is 7.35. The molecular formula is C16H23N3O2. The molecule has 1 aromatic rings. The highest BCUT2D eigenvalue weighted by atomic mass is 16.2. The van der Waals surface area contributed by atoms with Crippen LogP contribution in [0.3, 0.4) is 0 Å². The van der Waals surface area contributed by atoms with E-state index in [-0.39, 0.29) is 36.5 Å². The Balaban J connectivity index is 2.37. The number of carbonyl (C=O) groups is 2. The van der Waals surface area contributed by atoms with E-state index in [9.17, 15) is 9.59 Å². The summed E-state index contributed by atoms with van der Waals surface area (Å²) >= 11 is 0. The van der Waals surface area contributed by atoms with Crippen molar-refractivity contribution in [1.82, 2.24) is 10.2 Å². The second kappa shape index (κ2) is 6.37. The fourth-order valence-corrected chi connectivity index (χ4v) is 2.96. The van der Waals surface area contributed by atoms with E-state index in [1.807, 2.05) is 49.9 Å². The molecule has 0 aliphatic carbocycles. The molecule has 3 atom stereocenters. The van der Waals surface area contributed by atoms with Crippen molar-refractivity contribution < 1.29 is 9.59 Å². The maximum Gasteiger partial charge on any atom is 0.243 e. The van der Waals surface area contributed by atoms with Gasteiger partial charge in [-0.3, -0.25) is 19.8 Å². The molecule has 3 N–H and O–H groups in total. The smallest absolute Gasteiger partial charge is 0.243 e. The van der Waals surface area contributed by atoms with Gasteiger partial charge in [-0.2, -0.15) is 0 Å². The van der Waals surface area contributed by atoms with E-state index in [0.29, 0.717) is 6.42 Å². The summed E-state index contributed by atoms with van der Waals surface area (Å²) in [6, 6.07) is 7.45. The number of nitrogens with zero attached hydrogens (tertiary/aromatic N) is 1. The largest absolute Gasteiger partial charge is 0.326 e. The van der Waals surface area contributed by atoms with E-state index >= 15 is 0 Å². The van der Waals surface area contributed by atoms with Crippen LogP contribution in [0.15, 0.2) is 24.3 Å². The highest BCUT2D eigenvalue weighted by Crippen LogP contribution is 2.28. The third kappa shape index (κ3) is 3.31. The summed E-state index contributed by atoms with van der Waals surface area (Å²) in [5.74, 6) is -0.492. The van der Waals surface area contributed by atoms with Gasteiger partial charge in [0, 0.05) is 6.04 Å². The lowest BCUT2D eigenvalue weighted by Gasteiger charge is -2.41. The lowest BCUT2D eigenvalue weighted by Crippen LogP contribution is -2.60. The number of carbonyl (C=O) groups excluding carboxylic acids is 2. The Morgan fingerprint density at radius 1 is 1.33 bits per heavy atom. The molecule has 2 amide bonds. The average molecular weight is 289 g/mol. The zero-order chi connectivity index (χ0) is 15.6. The molecule has 2 rings (SSSR count). The number of hydrogen-bond donors (Lipinski definition) is 2. The lowest BCUT2D eigenvalue weighted by atomic mass is 9.94. The number of benzene rings is 1. The van der Waals surface area contributed by atoms with Gasteiger partial charge >= 0.3 is 0 Å². The van der Waals surface area contributed by atoms with Gasteiger partial charge in [0.25, 0.3) is 0 Å². The van der Waals surface area contributed by atoms with Crippen LogP contribution in [0.2, 0.25) is 0 Å². The molecule has 5 nitrogen and oxygen atoms in total. The number of imide groups is 1. The number of aryl methyl sites for hydroxylation is 1. The number of amides is 2. The fourth-order valence-electron chi connectivity index (χ4n) is 2.96. The van der Waals surface area contributed by atoms with E-state index in [1.54, 1.807) is 0 Å². The minimum absolute atomic E-state index is 0.148. The van der Waals surface area contributed by atoms with Crippen LogP contribution in [-0.2, 0) is 9.59 Å². The molecule has 114 valence electrons. The zero-order valence-electron chi connectivity index (χ0n) is 12.8. The van der Waals surface area contributed by atoms with E-state index in [1.165, 1.54) is 5.56 Å². The molecule has 1 heterocycles. The summed E-state index contributed by atoms with van der Waals surface area (Å²) in [4.78, 5) is 25.7. The zero-order valence-corrected chi connectivity index (χ0v) is 12.8. The van der Waals surface area contributed by atoms with Crippen LogP contribution in [0.5, 0.6) is 0 Å². The first-order chi connectivity index (χ1) is 9.93. The van der Waals surface area contributed by atoms with Gasteiger partial charge in [0.1, 0.15) is 0 Å². The van der Waals surface area contributed by atoms with Gasteiger partial charge in [-0.05, 0) is 25.8 Å². The molecule has 1 aromatic carbocycles. The number of nitrogens with two attached hydrogens (primary N) is 1. The van der Waals surface area contributed by atoms with Crippen molar-refractivity contribution in [2.24, 2.45) is 5.73 Å². The Morgan fingerprint density at radius 2 is 1.95 bits per heavy atom. The van der Waals surface area contributed by atoms with Crippen LogP contribution in [-0.4, -0.2) is 35.3 Å². The first kappa shape index (κ1) is 15.7. The molecular weight excluding hydrogens is 266 g/mol. The molecule has 21 heavy (non-hydrogen) atoms. The number of piperazine rings is 1. The number of rotatable bonds is 4. The molecule has 5 heteroatoms. The van der Waals surface area contributed by atoms with Crippen molar-refractivity contribution in [3.05, 3.63) is 35.4 Å². The molecule has 0 spiro atoms. The molecule has 1 saturated heterocycles. The Hall–Kier alpha value is -1.72. The third-order valence-corrected chi connectivity index (χ3v) is 3.95. The molecule has 0 aromatic heterocycles. The summed E-state index contributed by atoms with van der Waals surface area (Å²) in [5.41, 5.74) is 8.37. The summed E-state index contributed by atoms with van der Waals surface area (Å²) in [7, 11) is 0. The second-order valence-electron chi connectivity index (χ2n) is 5.72. The molecule has 0 bridgehead atoms. The van der Waals surface area contributed by atoms with Crippen molar-refractivity contribution in [3.63, 3.8) is 0 Å². The van der Waals surface area contributed by atoms with Gasteiger partial charge in [0.05, 0.1) is 18.6 Å². The van der Waals surface area contributed by atoms with Crippen molar-refractivity contribution in [2.45, 2.75) is 45.3 Å². The fraction of sp³-hybridized carbons (Fsp3) is 0.500. The Morgan fingerprint density at radius 3 is 2.48 bits per heavy atom. The highest BCUT2D eigenvalue weighted by molar-refractivity contribution is 6.01. The van der Waals surface area contributed by atoms with Gasteiger partial charge in [-0.1, -0.05) is 36.8 Å². The molecule has 1 fully saturated rings. The highest BCUT2D eigenvalue weighted by Gasteiger charge is 2.38. The van der Waals surface area contributed by atoms with Crippen molar-refractivity contribution in [3.8, 4) is 0 Å². The van der Waals surface area contributed by atoms with Crippen molar-refractivity contribution >= 4 is 11.8 Å². The minimum Gasteiger partial charge on any atom is -0.326 e. The van der Waals surface area contributed by atoms with Crippen molar-refractivity contribution in [2.75, 3.05) is 6.54 Å². The normalized spacial score (nSPS) is 22.8. The summed E-state index contributed by atoms with van der Waals surface area (Å²) < 4.78 is 0. The number of nitrogens with one attached hydrogen (secondary N) is 1. The van der Waals surface area contributed by atoms with Gasteiger partial charge in [0.2, 0.25) is 11.8 Å². The predicted molar refractivity (Wildman–Crippen MR) is 81.5 cm³/mol. The third-order valence-electron chi connectivity index (χ3n) is 3.95. The van der Waals surface area contributed by atoms with E-state index in [2.05, 4.69) is 5.32 Å². The Labute approximate surface area is 125 Å². The second-order valence-corrected chi connectivity index (χ2v) is 5.72. The Bertz CT molecular complexity index is 525. The van der Waals surface area contributed by atoms with Crippen LogP contribution < -0.4 is 11.1 Å². The van der Waals surface area contributed by atoms with Gasteiger partial charge in [-0.15, -0.1) is 0 Å². The number of hydrogen-bond acceptors (Lipinski definition) is 4. The SMILES string of the molecule is CCC1C(=O)NC(=O)CN1C(c1ccc(C)cc1)C(C)N. The van der Waals surface area contributed by atoms with Crippen LogP contribution in [0, 0.1) is 6.92 Å². The Kier molecular flexibility index (Phi) is 4.75. The van der Waals surface area contributed by atoms with Crippen molar-refractivity contribution in [1.29, 1.82) is 0 Å². The molecule has 1 aliphatic rings. The monoisotopic (exact) mass is 289 g/mol. The molecule has 1 aliphatic heterocycles. The predicted octanol–water partition coefficient (Wildman–Crippen LogP) is 1.12. The van der Waals surface area contributed by atoms with Crippen LogP contribution in [0.25, 0.3) is 0 Å². The summed E-state index contributed by atoms with van der Waals surface area (Å²) in [6.45, 7) is 6.08. The topological polar surface area (TPSA) is 75.4 Å². The quantitative estimate of drug-likeness (QED) is 0.815. The average Bonchev–Trinajstić information content (AvgIpc) is 2.40. The van der Waals surface area contributed by atoms with Gasteiger partial charge < -0.3 is 5.73 Å². The van der Waals surface area contributed by atoms with Crippen LogP contribution in [0.1, 0.15) is 37.4 Å². The van der Waals surface area contributed by atoms with E-state index in [4.69, 9.17) is 5.73 Å². The maximum absolute atomic E-state index is 12.0. The van der Waals surface area contributed by atoms with Crippen LogP contribution in [0.4, 0.5) is 0 Å².